The van der Waals surface area contributed by atoms with Crippen LogP contribution < -0.4 is 0 Å². The van der Waals surface area contributed by atoms with Crippen LogP contribution in [0.1, 0.15) is 68.8 Å². The maximum Gasteiger partial charge on any atom is 0.416 e. The number of aromatic nitrogens is 1. The van der Waals surface area contributed by atoms with Crippen molar-refractivity contribution in [2.75, 3.05) is 13.2 Å². The van der Waals surface area contributed by atoms with Crippen LogP contribution in [0.2, 0.25) is 0 Å². The van der Waals surface area contributed by atoms with E-state index in [0.29, 0.717) is 16.8 Å². The van der Waals surface area contributed by atoms with Gasteiger partial charge in [-0.2, -0.15) is 13.2 Å². The van der Waals surface area contributed by atoms with Crippen molar-refractivity contribution >= 4 is 17.7 Å². The number of carbonyl (C=O) groups excluding carboxylic acids is 3. The summed E-state index contributed by atoms with van der Waals surface area (Å²) in [5.74, 6) is -1.48. The maximum atomic E-state index is 13.2. The van der Waals surface area contributed by atoms with Gasteiger partial charge in [0.25, 0.3) is 5.91 Å². The van der Waals surface area contributed by atoms with E-state index in [-0.39, 0.29) is 36.2 Å². The van der Waals surface area contributed by atoms with Gasteiger partial charge in [-0.25, -0.2) is 4.79 Å². The van der Waals surface area contributed by atoms with Crippen LogP contribution in [-0.4, -0.2) is 46.3 Å². The van der Waals surface area contributed by atoms with Gasteiger partial charge in [0.2, 0.25) is 0 Å². The molecule has 0 aliphatic rings. The van der Waals surface area contributed by atoms with E-state index in [1.807, 2.05) is 0 Å². The summed E-state index contributed by atoms with van der Waals surface area (Å²) in [6, 6.07) is 3.49. The summed E-state index contributed by atoms with van der Waals surface area (Å²) >= 11 is 0. The second kappa shape index (κ2) is 9.58. The summed E-state index contributed by atoms with van der Waals surface area (Å²) in [6.07, 6.45) is -4.51. The molecule has 0 unspecified atom stereocenters. The first-order valence-corrected chi connectivity index (χ1v) is 10.2. The fraction of sp³-hybridized carbons (Fsp3) is 0.435. The number of benzene rings is 1. The third kappa shape index (κ3) is 5.03. The van der Waals surface area contributed by atoms with Gasteiger partial charge in [0.1, 0.15) is 5.69 Å². The number of amides is 1. The third-order valence-electron chi connectivity index (χ3n) is 5.34. The van der Waals surface area contributed by atoms with E-state index in [1.165, 1.54) is 4.90 Å². The lowest BCUT2D eigenvalue weighted by Crippen LogP contribution is -2.41. The summed E-state index contributed by atoms with van der Waals surface area (Å²) in [4.78, 5) is 39.7. The number of hydrogen-bond donors (Lipinski definition) is 0. The molecule has 2 rings (SSSR count). The fourth-order valence-corrected chi connectivity index (χ4v) is 3.57. The molecule has 0 spiro atoms. The van der Waals surface area contributed by atoms with Crippen LogP contribution in [0.5, 0.6) is 0 Å². The van der Waals surface area contributed by atoms with Gasteiger partial charge in [-0.1, -0.05) is 0 Å². The number of hydrogen-bond acceptors (Lipinski definition) is 4. The Bertz CT molecular complexity index is 1020. The first kappa shape index (κ1) is 25.2. The molecule has 0 radical (unpaired) electrons. The summed E-state index contributed by atoms with van der Waals surface area (Å²) in [5, 5.41) is 0. The Morgan fingerprint density at radius 1 is 1.09 bits per heavy atom. The number of halogens is 3. The quantitative estimate of drug-likeness (QED) is 0.456. The lowest BCUT2D eigenvalue weighted by atomic mass is 10.0. The fourth-order valence-electron chi connectivity index (χ4n) is 3.57. The van der Waals surface area contributed by atoms with Crippen molar-refractivity contribution in [2.24, 2.45) is 7.05 Å². The minimum atomic E-state index is -4.51. The number of alkyl halides is 3. The topological polar surface area (TPSA) is 68.6 Å². The molecule has 0 aliphatic carbocycles. The van der Waals surface area contributed by atoms with Crippen LogP contribution in [0.15, 0.2) is 24.3 Å². The van der Waals surface area contributed by atoms with Crippen LogP contribution in [0.4, 0.5) is 13.2 Å². The van der Waals surface area contributed by atoms with Crippen molar-refractivity contribution in [2.45, 2.75) is 46.8 Å². The molecule has 0 bridgehead atoms. The molecule has 174 valence electrons. The van der Waals surface area contributed by atoms with E-state index in [9.17, 15) is 27.6 Å². The molecule has 1 heterocycles. The molecule has 6 nitrogen and oxygen atoms in total. The smallest absolute Gasteiger partial charge is 0.416 e. The number of Topliss-reactive ketones (excluding diaryl/α,β-unsaturated/α-hetero) is 1. The van der Waals surface area contributed by atoms with Crippen molar-refractivity contribution in [1.29, 1.82) is 0 Å². The number of ketones is 1. The average Bonchev–Trinajstić information content (AvgIpc) is 2.93. The Labute approximate surface area is 185 Å². The van der Waals surface area contributed by atoms with Gasteiger partial charge in [0.05, 0.1) is 18.7 Å². The van der Waals surface area contributed by atoms with E-state index in [4.69, 9.17) is 4.74 Å². The Kier molecular flexibility index (Phi) is 7.54. The molecule has 0 aliphatic heterocycles. The molecule has 1 aromatic heterocycles. The van der Waals surface area contributed by atoms with Gasteiger partial charge in [-0.3, -0.25) is 9.59 Å². The van der Waals surface area contributed by atoms with Gasteiger partial charge >= 0.3 is 12.1 Å². The Hall–Kier alpha value is -3.10. The SMILES string of the molecule is CCOC(=O)c1c(C)c(C(=O)CN(C(=O)c2ccc(C(F)(F)F)cc2)C(C)C)c(C)n1C. The lowest BCUT2D eigenvalue weighted by Gasteiger charge is -2.26. The standard InChI is InChI=1S/C23H27F3N2O4/c1-7-32-22(31)20-14(4)19(15(5)27(20)6)18(29)12-28(13(2)3)21(30)16-8-10-17(11-9-16)23(24,25)26/h8-11,13H,7,12H2,1-6H3. The predicted octanol–water partition coefficient (Wildman–Crippen LogP) is 4.57. The molecule has 0 N–H and O–H groups in total. The molecule has 0 saturated carbocycles. The van der Waals surface area contributed by atoms with Crippen molar-refractivity contribution in [3.8, 4) is 0 Å². The van der Waals surface area contributed by atoms with Crippen molar-refractivity contribution < 1.29 is 32.3 Å². The van der Waals surface area contributed by atoms with E-state index in [1.54, 1.807) is 46.2 Å². The normalized spacial score (nSPS) is 11.6. The van der Waals surface area contributed by atoms with E-state index < -0.39 is 23.6 Å². The lowest BCUT2D eigenvalue weighted by molar-refractivity contribution is -0.137. The zero-order chi connectivity index (χ0) is 24.4. The summed E-state index contributed by atoms with van der Waals surface area (Å²) in [5.41, 5.74) is 0.788. The largest absolute Gasteiger partial charge is 0.461 e. The molecule has 0 saturated heterocycles. The van der Waals surface area contributed by atoms with Crippen LogP contribution >= 0.6 is 0 Å². The van der Waals surface area contributed by atoms with Gasteiger partial charge < -0.3 is 14.2 Å². The average molecular weight is 452 g/mol. The minimum absolute atomic E-state index is 0.0493. The molecule has 2 aromatic rings. The number of rotatable bonds is 7. The van der Waals surface area contributed by atoms with E-state index in [0.717, 1.165) is 24.3 Å². The molecule has 9 heteroatoms. The maximum absolute atomic E-state index is 13.2. The Morgan fingerprint density at radius 3 is 2.12 bits per heavy atom. The molecular weight excluding hydrogens is 425 g/mol. The van der Waals surface area contributed by atoms with Crippen LogP contribution in [0.25, 0.3) is 0 Å². The highest BCUT2D eigenvalue weighted by atomic mass is 19.4. The van der Waals surface area contributed by atoms with Gasteiger partial charge in [-0.05, 0) is 64.4 Å². The Morgan fingerprint density at radius 2 is 1.66 bits per heavy atom. The van der Waals surface area contributed by atoms with E-state index in [2.05, 4.69) is 0 Å². The first-order valence-electron chi connectivity index (χ1n) is 10.2. The van der Waals surface area contributed by atoms with Gasteiger partial charge in [-0.15, -0.1) is 0 Å². The second-order valence-electron chi connectivity index (χ2n) is 7.74. The molecular formula is C23H27F3N2O4. The third-order valence-corrected chi connectivity index (χ3v) is 5.34. The summed E-state index contributed by atoms with van der Waals surface area (Å²) < 4.78 is 45.1. The Balaban J connectivity index is 2.34. The predicted molar refractivity (Wildman–Crippen MR) is 113 cm³/mol. The number of nitrogens with zero attached hydrogens (tertiary/aromatic N) is 2. The van der Waals surface area contributed by atoms with Crippen molar-refractivity contribution in [3.05, 3.63) is 57.9 Å². The number of ether oxygens (including phenoxy) is 1. The molecule has 1 amide bonds. The highest BCUT2D eigenvalue weighted by molar-refractivity contribution is 6.06. The van der Waals surface area contributed by atoms with E-state index >= 15 is 0 Å². The van der Waals surface area contributed by atoms with Crippen molar-refractivity contribution in [3.63, 3.8) is 0 Å². The molecule has 32 heavy (non-hydrogen) atoms. The first-order chi connectivity index (χ1) is 14.8. The second-order valence-corrected chi connectivity index (χ2v) is 7.74. The minimum Gasteiger partial charge on any atom is -0.461 e. The summed E-state index contributed by atoms with van der Waals surface area (Å²) in [6.45, 7) is 8.35. The zero-order valence-electron chi connectivity index (χ0n) is 19.0. The number of carbonyl (C=O) groups is 3. The van der Waals surface area contributed by atoms with Gasteiger partial charge in [0, 0.05) is 29.9 Å². The highest BCUT2D eigenvalue weighted by Gasteiger charge is 2.32. The van der Waals surface area contributed by atoms with Gasteiger partial charge in [0.15, 0.2) is 5.78 Å². The van der Waals surface area contributed by atoms with Crippen molar-refractivity contribution in [1.82, 2.24) is 9.47 Å². The molecule has 0 fully saturated rings. The van der Waals surface area contributed by atoms with Crippen LogP contribution in [-0.2, 0) is 18.0 Å². The van der Waals surface area contributed by atoms with Crippen LogP contribution in [0.3, 0.4) is 0 Å². The zero-order valence-corrected chi connectivity index (χ0v) is 19.0. The summed E-state index contributed by atoms with van der Waals surface area (Å²) in [7, 11) is 1.65. The highest BCUT2D eigenvalue weighted by Crippen LogP contribution is 2.29. The number of esters is 1. The molecule has 1 aromatic carbocycles. The van der Waals surface area contributed by atoms with Crippen LogP contribution in [0, 0.1) is 13.8 Å². The monoisotopic (exact) mass is 452 g/mol. The molecule has 0 atom stereocenters.